The first kappa shape index (κ1) is 26.8. The van der Waals surface area contributed by atoms with Crippen LogP contribution in [0, 0.1) is 12.8 Å². The van der Waals surface area contributed by atoms with Gasteiger partial charge in [-0.3, -0.25) is 4.79 Å². The monoisotopic (exact) mass is 557 g/mol. The van der Waals surface area contributed by atoms with Gasteiger partial charge in [-0.2, -0.15) is 13.2 Å². The van der Waals surface area contributed by atoms with Crippen LogP contribution in [0.5, 0.6) is 0 Å². The standard InChI is InChI=1S/C26H26F3N7O2S/c1-15-10-17(12-18(11-15)35-24-32-7-4-20(36-24)26(27,28)29)19-13-34-23(39-19)25(38)5-2-16(3-6-25)22(37)33-14-21-30-8-9-31-21/h4,7-13,16,38H,2-3,5-6,14H2,1H3,(H,30,31)(H,33,37)(H,32,35,36)/t16-,25+. The number of nitrogens with one attached hydrogen (secondary N) is 3. The second-order valence-corrected chi connectivity index (χ2v) is 10.6. The van der Waals surface area contributed by atoms with E-state index in [-0.39, 0.29) is 17.8 Å². The maximum atomic E-state index is 13.0. The lowest BCUT2D eigenvalue weighted by Crippen LogP contribution is -2.38. The zero-order valence-electron chi connectivity index (χ0n) is 20.9. The van der Waals surface area contributed by atoms with Gasteiger partial charge in [-0.05, 0) is 61.9 Å². The Labute approximate surface area is 226 Å². The summed E-state index contributed by atoms with van der Waals surface area (Å²) in [5.74, 6) is 0.273. The van der Waals surface area contributed by atoms with Crippen molar-refractivity contribution in [2.45, 2.75) is 50.9 Å². The van der Waals surface area contributed by atoms with E-state index in [9.17, 15) is 23.1 Å². The Bertz CT molecular complexity index is 1450. The fourth-order valence-electron chi connectivity index (χ4n) is 4.61. The van der Waals surface area contributed by atoms with Crippen LogP contribution < -0.4 is 10.6 Å². The predicted molar refractivity (Wildman–Crippen MR) is 139 cm³/mol. The largest absolute Gasteiger partial charge is 0.433 e. The molecule has 0 spiro atoms. The highest BCUT2D eigenvalue weighted by atomic mass is 32.1. The molecule has 13 heteroatoms. The Balaban J connectivity index is 1.25. The van der Waals surface area contributed by atoms with Crippen molar-refractivity contribution in [2.24, 2.45) is 5.92 Å². The Morgan fingerprint density at radius 2 is 1.97 bits per heavy atom. The number of alkyl halides is 3. The molecule has 39 heavy (non-hydrogen) atoms. The average Bonchev–Trinajstić information content (AvgIpc) is 3.60. The van der Waals surface area contributed by atoms with E-state index in [4.69, 9.17) is 0 Å². The van der Waals surface area contributed by atoms with Crippen LogP contribution in [0.4, 0.5) is 24.8 Å². The van der Waals surface area contributed by atoms with E-state index in [2.05, 4.69) is 35.6 Å². The zero-order chi connectivity index (χ0) is 27.6. The van der Waals surface area contributed by atoms with Gasteiger partial charge in [0.05, 0.1) is 11.4 Å². The number of anilines is 2. The topological polar surface area (TPSA) is 129 Å². The molecular weight excluding hydrogens is 531 g/mol. The summed E-state index contributed by atoms with van der Waals surface area (Å²) in [4.78, 5) is 32.4. The number of imidazole rings is 1. The molecule has 1 fully saturated rings. The Morgan fingerprint density at radius 1 is 1.18 bits per heavy atom. The van der Waals surface area contributed by atoms with Gasteiger partial charge in [0.15, 0.2) is 0 Å². The van der Waals surface area contributed by atoms with E-state index < -0.39 is 17.5 Å². The summed E-state index contributed by atoms with van der Waals surface area (Å²) < 4.78 is 39.1. The smallest absolute Gasteiger partial charge is 0.383 e. The summed E-state index contributed by atoms with van der Waals surface area (Å²) in [6.45, 7) is 2.20. The van der Waals surface area contributed by atoms with Crippen molar-refractivity contribution in [1.82, 2.24) is 30.2 Å². The highest BCUT2D eigenvalue weighted by Crippen LogP contribution is 2.43. The number of carbonyl (C=O) groups excluding carboxylic acids is 1. The van der Waals surface area contributed by atoms with Gasteiger partial charge in [0.1, 0.15) is 22.1 Å². The van der Waals surface area contributed by atoms with Crippen molar-refractivity contribution >= 4 is 28.9 Å². The number of nitrogens with zero attached hydrogens (tertiary/aromatic N) is 4. The van der Waals surface area contributed by atoms with E-state index in [1.165, 1.54) is 11.3 Å². The molecule has 1 aliphatic rings. The SMILES string of the molecule is Cc1cc(Nc2nccc(C(F)(F)F)n2)cc(-c2cnc([C@]3(O)CC[C@@H](C(=O)NCc4ncc[nH]4)CC3)s2)c1. The van der Waals surface area contributed by atoms with Gasteiger partial charge in [-0.15, -0.1) is 11.3 Å². The molecule has 9 nitrogen and oxygen atoms in total. The van der Waals surface area contributed by atoms with Crippen molar-refractivity contribution < 1.29 is 23.1 Å². The molecule has 1 amide bonds. The van der Waals surface area contributed by atoms with Gasteiger partial charge in [-0.1, -0.05) is 6.07 Å². The van der Waals surface area contributed by atoms with Crippen LogP contribution in [0.1, 0.15) is 47.8 Å². The first-order valence-electron chi connectivity index (χ1n) is 12.3. The Morgan fingerprint density at radius 3 is 2.69 bits per heavy atom. The van der Waals surface area contributed by atoms with Crippen LogP contribution in [-0.2, 0) is 23.1 Å². The first-order valence-corrected chi connectivity index (χ1v) is 13.1. The molecule has 5 rings (SSSR count). The number of aromatic nitrogens is 5. The normalized spacial score (nSPS) is 19.6. The molecule has 0 aliphatic heterocycles. The summed E-state index contributed by atoms with van der Waals surface area (Å²) in [6, 6.07) is 6.30. The molecule has 0 bridgehead atoms. The summed E-state index contributed by atoms with van der Waals surface area (Å²) in [5.41, 5.74) is 0.0360. The summed E-state index contributed by atoms with van der Waals surface area (Å²) in [6.07, 6.45) is 3.38. The van der Waals surface area contributed by atoms with Crippen LogP contribution in [0.25, 0.3) is 10.4 Å². The molecule has 1 aliphatic carbocycles. The molecule has 0 radical (unpaired) electrons. The van der Waals surface area contributed by atoms with Gasteiger partial charge in [0.2, 0.25) is 11.9 Å². The maximum Gasteiger partial charge on any atom is 0.433 e. The van der Waals surface area contributed by atoms with Crippen molar-refractivity contribution in [2.75, 3.05) is 5.32 Å². The minimum Gasteiger partial charge on any atom is -0.383 e. The van der Waals surface area contributed by atoms with Crippen molar-refractivity contribution in [3.05, 3.63) is 71.1 Å². The number of carbonyl (C=O) groups is 1. The van der Waals surface area contributed by atoms with Gasteiger partial charge in [0.25, 0.3) is 0 Å². The molecular formula is C26H26F3N7O2S. The lowest BCUT2D eigenvalue weighted by Gasteiger charge is -2.33. The summed E-state index contributed by atoms with van der Waals surface area (Å²) >= 11 is 1.36. The number of benzene rings is 1. The molecule has 0 saturated heterocycles. The number of rotatable bonds is 7. The molecule has 3 heterocycles. The van der Waals surface area contributed by atoms with E-state index in [0.717, 1.165) is 28.3 Å². The van der Waals surface area contributed by atoms with E-state index >= 15 is 0 Å². The number of thiazole rings is 1. The lowest BCUT2D eigenvalue weighted by atomic mass is 9.78. The molecule has 1 aromatic carbocycles. The molecule has 4 N–H and O–H groups in total. The number of aryl methyl sites for hydroxylation is 1. The van der Waals surface area contributed by atoms with Crippen molar-refractivity contribution in [1.29, 1.82) is 0 Å². The zero-order valence-corrected chi connectivity index (χ0v) is 21.7. The quantitative estimate of drug-likeness (QED) is 0.249. The fourth-order valence-corrected chi connectivity index (χ4v) is 5.66. The highest BCUT2D eigenvalue weighted by Gasteiger charge is 2.39. The van der Waals surface area contributed by atoms with E-state index in [1.807, 2.05) is 13.0 Å². The minimum atomic E-state index is -4.57. The number of H-pyrrole nitrogens is 1. The number of halogens is 3. The summed E-state index contributed by atoms with van der Waals surface area (Å²) in [5, 5.41) is 17.7. The molecule has 1 saturated carbocycles. The van der Waals surface area contributed by atoms with Gasteiger partial charge >= 0.3 is 6.18 Å². The molecule has 204 valence electrons. The van der Waals surface area contributed by atoms with Crippen LogP contribution in [-0.4, -0.2) is 35.9 Å². The van der Waals surface area contributed by atoms with Crippen LogP contribution >= 0.6 is 11.3 Å². The number of aliphatic hydroxyl groups is 1. The third-order valence-electron chi connectivity index (χ3n) is 6.64. The van der Waals surface area contributed by atoms with Gasteiger partial charge in [-0.25, -0.2) is 19.9 Å². The second-order valence-electron chi connectivity index (χ2n) is 9.57. The maximum absolute atomic E-state index is 13.0. The molecule has 4 aromatic rings. The lowest BCUT2D eigenvalue weighted by molar-refractivity contribution is -0.141. The van der Waals surface area contributed by atoms with E-state index in [0.29, 0.717) is 48.7 Å². The fraction of sp³-hybridized carbons (Fsp3) is 0.346. The highest BCUT2D eigenvalue weighted by molar-refractivity contribution is 7.15. The summed E-state index contributed by atoms with van der Waals surface area (Å²) in [7, 11) is 0. The molecule has 3 aromatic heterocycles. The number of hydrogen-bond acceptors (Lipinski definition) is 8. The Kier molecular flexibility index (Phi) is 7.36. The number of hydrogen-bond donors (Lipinski definition) is 4. The Hall–Kier alpha value is -3.84. The minimum absolute atomic E-state index is 0.0576. The average molecular weight is 558 g/mol. The predicted octanol–water partition coefficient (Wildman–Crippen LogP) is 5.09. The molecule has 0 atom stereocenters. The van der Waals surface area contributed by atoms with E-state index in [1.54, 1.807) is 30.7 Å². The van der Waals surface area contributed by atoms with Crippen molar-refractivity contribution in [3.63, 3.8) is 0 Å². The molecule has 0 unspecified atom stereocenters. The van der Waals surface area contributed by atoms with Crippen LogP contribution in [0.3, 0.4) is 0 Å². The van der Waals surface area contributed by atoms with Gasteiger partial charge < -0.3 is 20.7 Å². The second kappa shape index (κ2) is 10.7. The van der Waals surface area contributed by atoms with Crippen LogP contribution in [0.15, 0.2) is 49.1 Å². The van der Waals surface area contributed by atoms with Crippen molar-refractivity contribution in [3.8, 4) is 10.4 Å². The van der Waals surface area contributed by atoms with Crippen LogP contribution in [0.2, 0.25) is 0 Å². The number of amides is 1. The number of aromatic amines is 1. The van der Waals surface area contributed by atoms with Gasteiger partial charge in [0, 0.05) is 36.4 Å². The third-order valence-corrected chi connectivity index (χ3v) is 7.88. The third kappa shape index (κ3) is 6.25. The first-order chi connectivity index (χ1) is 18.6.